The highest BCUT2D eigenvalue weighted by Crippen LogP contribution is 2.15. The summed E-state index contributed by atoms with van der Waals surface area (Å²) < 4.78 is 0. The Morgan fingerprint density at radius 2 is 2.31 bits per heavy atom. The maximum Gasteiger partial charge on any atom is 0.222 e. The smallest absolute Gasteiger partial charge is 0.222 e. The minimum atomic E-state index is -0.0894. The van der Waals surface area contributed by atoms with Gasteiger partial charge in [0.2, 0.25) is 5.91 Å². The second kappa shape index (κ2) is 4.03. The number of amides is 1. The van der Waals surface area contributed by atoms with E-state index in [-0.39, 0.29) is 7.33 Å². The lowest BCUT2D eigenvalue weighted by Gasteiger charge is -2.06. The summed E-state index contributed by atoms with van der Waals surface area (Å²) in [6.07, 6.45) is 1.71. The Bertz CT molecular complexity index is 313. The lowest BCUT2D eigenvalue weighted by atomic mass is 10.1. The van der Waals surface area contributed by atoms with E-state index in [0.717, 1.165) is 0 Å². The van der Waals surface area contributed by atoms with E-state index < -0.39 is 0 Å². The highest BCUT2D eigenvalue weighted by atomic mass is 16.1. The van der Waals surface area contributed by atoms with E-state index in [0.29, 0.717) is 11.7 Å². The first kappa shape index (κ1) is 9.71. The maximum absolute atomic E-state index is 10.7. The molecule has 13 heavy (non-hydrogen) atoms. The molecule has 0 atom stereocenters. The minimum absolute atomic E-state index is 0. The van der Waals surface area contributed by atoms with Gasteiger partial charge in [-0.05, 0) is 23.6 Å². The monoisotopic (exact) mass is 180 g/mol. The molecule has 0 fully saturated rings. The Hall–Kier alpha value is -1.38. The number of carbonyl (C=O) groups is 1. The van der Waals surface area contributed by atoms with E-state index in [1.165, 1.54) is 12.5 Å². The van der Waals surface area contributed by atoms with E-state index in [9.17, 15) is 4.79 Å². The van der Waals surface area contributed by atoms with Gasteiger partial charge in [0.25, 0.3) is 0 Å². The fourth-order valence-electron chi connectivity index (χ4n) is 1.05. The Morgan fingerprint density at radius 3 is 2.85 bits per heavy atom. The number of carbonyl (C=O) groups excluding carboxylic acids is 1. The molecule has 1 amide bonds. The fraction of sp³-hybridized carbons (Fsp3) is 0.400. The Kier molecular flexibility index (Phi) is 3.01. The van der Waals surface area contributed by atoms with Crippen LogP contribution in [-0.2, 0) is 4.79 Å². The number of nitrogens with one attached hydrogen (secondary N) is 1. The van der Waals surface area contributed by atoms with Crippen molar-refractivity contribution in [2.45, 2.75) is 26.7 Å². The summed E-state index contributed by atoms with van der Waals surface area (Å²) in [4.78, 5) is 14.8. The van der Waals surface area contributed by atoms with Gasteiger partial charge in [-0.3, -0.25) is 4.79 Å². The highest BCUT2D eigenvalue weighted by molar-refractivity contribution is 5.87. The van der Waals surface area contributed by atoms with Gasteiger partial charge in [-0.2, -0.15) is 0 Å². The Labute approximate surface area is 79.7 Å². The van der Waals surface area contributed by atoms with Crippen molar-refractivity contribution in [3.05, 3.63) is 23.9 Å². The molecule has 0 unspecified atom stereocenters. The van der Waals surface area contributed by atoms with Crippen LogP contribution in [0.3, 0.4) is 0 Å². The van der Waals surface area contributed by atoms with Gasteiger partial charge >= 0.3 is 0 Å². The summed E-state index contributed by atoms with van der Waals surface area (Å²) >= 11 is 0. The molecule has 1 N–H and O–H groups in total. The zero-order valence-corrected chi connectivity index (χ0v) is 8.16. The van der Waals surface area contributed by atoms with E-state index in [1.807, 2.05) is 12.1 Å². The van der Waals surface area contributed by atoms with Crippen LogP contribution in [0, 0.1) is 0 Å². The standard InChI is InChI=1S/C10H14N2O.H2/c1-7(2)9-4-5-11-10(6-9)12-8(3)13;/h4-7H,1-3H3,(H,11,12,13);1H. The zero-order chi connectivity index (χ0) is 9.84. The van der Waals surface area contributed by atoms with Gasteiger partial charge in [0.05, 0.1) is 0 Å². The molecule has 0 aromatic carbocycles. The SMILES string of the molecule is CC(=O)Nc1cc(C(C)C)ccn1.[HH]. The molecule has 0 saturated carbocycles. The van der Waals surface area contributed by atoms with E-state index in [4.69, 9.17) is 0 Å². The molecule has 1 aromatic rings. The van der Waals surface area contributed by atoms with Crippen LogP contribution in [0.25, 0.3) is 0 Å². The van der Waals surface area contributed by atoms with Crippen LogP contribution >= 0.6 is 0 Å². The molecule has 0 bridgehead atoms. The van der Waals surface area contributed by atoms with Gasteiger partial charge in [-0.1, -0.05) is 13.8 Å². The van der Waals surface area contributed by atoms with E-state index >= 15 is 0 Å². The largest absolute Gasteiger partial charge is 0.311 e. The van der Waals surface area contributed by atoms with Gasteiger partial charge in [-0.15, -0.1) is 0 Å². The van der Waals surface area contributed by atoms with Crippen molar-refractivity contribution in [2.75, 3.05) is 5.32 Å². The van der Waals surface area contributed by atoms with Crippen LogP contribution in [-0.4, -0.2) is 10.9 Å². The topological polar surface area (TPSA) is 42.0 Å². The number of nitrogens with zero attached hydrogens (tertiary/aromatic N) is 1. The van der Waals surface area contributed by atoms with Gasteiger partial charge in [0.1, 0.15) is 5.82 Å². The van der Waals surface area contributed by atoms with Crippen LogP contribution in [0.4, 0.5) is 5.82 Å². The molecule has 0 radical (unpaired) electrons. The van der Waals surface area contributed by atoms with Crippen LogP contribution < -0.4 is 5.32 Å². The molecular formula is C10H16N2O. The quantitative estimate of drug-likeness (QED) is 0.759. The van der Waals surface area contributed by atoms with Gasteiger partial charge < -0.3 is 5.32 Å². The molecule has 0 spiro atoms. The summed E-state index contributed by atoms with van der Waals surface area (Å²) in [5.74, 6) is 0.989. The summed E-state index contributed by atoms with van der Waals surface area (Å²) in [7, 11) is 0. The number of anilines is 1. The molecule has 0 saturated heterocycles. The number of rotatable bonds is 2. The molecular weight excluding hydrogens is 164 g/mol. The first-order valence-electron chi connectivity index (χ1n) is 4.33. The lowest BCUT2D eigenvalue weighted by molar-refractivity contribution is -0.114. The van der Waals surface area contributed by atoms with Gasteiger partial charge in [0, 0.05) is 14.5 Å². The first-order valence-corrected chi connectivity index (χ1v) is 4.33. The molecule has 72 valence electrons. The van der Waals surface area contributed by atoms with Crippen molar-refractivity contribution in [3.63, 3.8) is 0 Å². The maximum atomic E-state index is 10.7. The molecule has 1 heterocycles. The third kappa shape index (κ3) is 2.86. The van der Waals surface area contributed by atoms with Crippen molar-refractivity contribution in [3.8, 4) is 0 Å². The van der Waals surface area contributed by atoms with Crippen molar-refractivity contribution < 1.29 is 6.22 Å². The molecule has 1 rings (SSSR count). The molecule has 1 aromatic heterocycles. The summed E-state index contributed by atoms with van der Waals surface area (Å²) in [6, 6.07) is 3.85. The third-order valence-electron chi connectivity index (χ3n) is 1.75. The van der Waals surface area contributed by atoms with E-state index in [2.05, 4.69) is 24.1 Å². The number of hydrogen-bond acceptors (Lipinski definition) is 2. The van der Waals surface area contributed by atoms with Gasteiger partial charge in [0.15, 0.2) is 0 Å². The molecule has 3 nitrogen and oxygen atoms in total. The molecule has 3 heteroatoms. The predicted octanol–water partition coefficient (Wildman–Crippen LogP) is 2.41. The second-order valence-electron chi connectivity index (χ2n) is 3.31. The molecule has 0 aliphatic carbocycles. The van der Waals surface area contributed by atoms with Crippen molar-refractivity contribution in [2.24, 2.45) is 0 Å². The minimum Gasteiger partial charge on any atom is -0.311 e. The third-order valence-corrected chi connectivity index (χ3v) is 1.75. The predicted molar refractivity (Wildman–Crippen MR) is 54.7 cm³/mol. The number of pyridine rings is 1. The van der Waals surface area contributed by atoms with Crippen LogP contribution in [0.2, 0.25) is 0 Å². The summed E-state index contributed by atoms with van der Waals surface area (Å²) in [5, 5.41) is 2.65. The van der Waals surface area contributed by atoms with E-state index in [1.54, 1.807) is 6.20 Å². The summed E-state index contributed by atoms with van der Waals surface area (Å²) in [6.45, 7) is 5.68. The average molecular weight is 180 g/mol. The van der Waals surface area contributed by atoms with Crippen molar-refractivity contribution >= 4 is 11.7 Å². The zero-order valence-electron chi connectivity index (χ0n) is 8.16. The van der Waals surface area contributed by atoms with Crippen molar-refractivity contribution in [1.29, 1.82) is 0 Å². The molecule has 0 aliphatic heterocycles. The van der Waals surface area contributed by atoms with Gasteiger partial charge in [-0.25, -0.2) is 4.98 Å². The normalized spacial score (nSPS) is 10.2. The number of hydrogen-bond donors (Lipinski definition) is 1. The Morgan fingerprint density at radius 1 is 1.62 bits per heavy atom. The van der Waals surface area contributed by atoms with Crippen LogP contribution in [0.15, 0.2) is 18.3 Å². The fourth-order valence-corrected chi connectivity index (χ4v) is 1.05. The lowest BCUT2D eigenvalue weighted by Crippen LogP contribution is -2.07. The number of aromatic nitrogens is 1. The summed E-state index contributed by atoms with van der Waals surface area (Å²) in [5.41, 5.74) is 1.18. The van der Waals surface area contributed by atoms with Crippen LogP contribution in [0.5, 0.6) is 0 Å². The average Bonchev–Trinajstić information content (AvgIpc) is 2.03. The first-order chi connectivity index (χ1) is 6.09. The highest BCUT2D eigenvalue weighted by Gasteiger charge is 2.01. The molecule has 0 aliphatic rings. The van der Waals surface area contributed by atoms with Crippen LogP contribution in [0.1, 0.15) is 33.7 Å². The Balaban J connectivity index is 0.00000169. The second-order valence-corrected chi connectivity index (χ2v) is 3.31. The van der Waals surface area contributed by atoms with Crippen molar-refractivity contribution in [1.82, 2.24) is 4.98 Å².